The molecule has 2 N–H and O–H groups in total. The lowest BCUT2D eigenvalue weighted by molar-refractivity contribution is -0.139. The van der Waals surface area contributed by atoms with Crippen LogP contribution in [-0.4, -0.2) is 37.4 Å². The first-order chi connectivity index (χ1) is 12.5. The van der Waals surface area contributed by atoms with Gasteiger partial charge in [-0.15, -0.1) is 0 Å². The molecule has 1 amide bonds. The molecular formula is C18H15Cl2N3O3. The van der Waals surface area contributed by atoms with E-state index in [1.807, 2.05) is 6.07 Å². The molecule has 0 unspecified atom stereocenters. The topological polar surface area (TPSA) is 79.8 Å². The van der Waals surface area contributed by atoms with Gasteiger partial charge in [0.05, 0.1) is 25.1 Å². The highest BCUT2D eigenvalue weighted by molar-refractivity contribution is 6.37. The van der Waals surface area contributed by atoms with Gasteiger partial charge in [0.25, 0.3) is 5.91 Å². The fourth-order valence-electron chi connectivity index (χ4n) is 2.54. The number of nitrogens with zero attached hydrogens (tertiary/aromatic N) is 1. The van der Waals surface area contributed by atoms with E-state index in [9.17, 15) is 9.59 Å². The van der Waals surface area contributed by atoms with Crippen molar-refractivity contribution in [2.24, 2.45) is 4.99 Å². The maximum absolute atomic E-state index is 12.5. The molecular weight excluding hydrogens is 377 g/mol. The molecule has 6 nitrogen and oxygen atoms in total. The molecule has 134 valence electrons. The van der Waals surface area contributed by atoms with Gasteiger partial charge in [0, 0.05) is 21.2 Å². The summed E-state index contributed by atoms with van der Waals surface area (Å²) in [5.41, 5.74) is 2.34. The first kappa shape index (κ1) is 18.4. The average molecular weight is 392 g/mol. The molecule has 1 aliphatic heterocycles. The highest BCUT2D eigenvalue weighted by Crippen LogP contribution is 2.29. The van der Waals surface area contributed by atoms with E-state index in [-0.39, 0.29) is 6.54 Å². The number of nitrogens with one attached hydrogen (secondary N) is 2. The molecule has 0 spiro atoms. The Bertz CT molecular complexity index is 899. The lowest BCUT2D eigenvalue weighted by Gasteiger charge is -2.12. The van der Waals surface area contributed by atoms with Gasteiger partial charge in [0.1, 0.15) is 0 Å². The van der Waals surface area contributed by atoms with E-state index in [2.05, 4.69) is 20.4 Å². The molecule has 0 saturated heterocycles. The summed E-state index contributed by atoms with van der Waals surface area (Å²) in [6.45, 7) is -0.162. The van der Waals surface area contributed by atoms with Gasteiger partial charge in [-0.25, -0.2) is 0 Å². The number of amides is 1. The Hall–Kier alpha value is -2.41. The second kappa shape index (κ2) is 7.86. The van der Waals surface area contributed by atoms with Crippen molar-refractivity contribution in [3.8, 4) is 0 Å². The minimum Gasteiger partial charge on any atom is -0.468 e. The number of benzodiazepines with no additional fused rings is 1. The normalized spacial score (nSPS) is 16.2. The fourth-order valence-corrected chi connectivity index (χ4v) is 2.94. The molecule has 8 heteroatoms. The van der Waals surface area contributed by atoms with E-state index in [1.54, 1.807) is 36.4 Å². The Balaban J connectivity index is 2.10. The molecule has 0 radical (unpaired) electrons. The van der Waals surface area contributed by atoms with E-state index in [1.165, 1.54) is 7.11 Å². The number of hydrogen-bond donors (Lipinski definition) is 2. The zero-order valence-corrected chi connectivity index (χ0v) is 15.3. The zero-order chi connectivity index (χ0) is 18.7. The van der Waals surface area contributed by atoms with E-state index in [0.717, 1.165) is 0 Å². The molecule has 0 fully saturated rings. The number of carbonyl (C=O) groups excluding carboxylic acids is 2. The maximum atomic E-state index is 12.5. The third kappa shape index (κ3) is 3.88. The number of ether oxygens (including phenoxy) is 1. The van der Waals surface area contributed by atoms with Gasteiger partial charge in [-0.2, -0.15) is 0 Å². The van der Waals surface area contributed by atoms with Gasteiger partial charge in [-0.05, 0) is 24.3 Å². The molecule has 26 heavy (non-hydrogen) atoms. The van der Waals surface area contributed by atoms with Gasteiger partial charge in [0.2, 0.25) is 0 Å². The van der Waals surface area contributed by atoms with Gasteiger partial charge in [-0.1, -0.05) is 41.4 Å². The zero-order valence-electron chi connectivity index (χ0n) is 13.8. The highest BCUT2D eigenvalue weighted by atomic mass is 35.5. The summed E-state index contributed by atoms with van der Waals surface area (Å²) in [5.74, 6) is -0.906. The van der Waals surface area contributed by atoms with Crippen molar-refractivity contribution in [3.63, 3.8) is 0 Å². The van der Waals surface area contributed by atoms with Crippen LogP contribution in [0.1, 0.15) is 11.1 Å². The van der Waals surface area contributed by atoms with Crippen molar-refractivity contribution in [2.45, 2.75) is 6.17 Å². The van der Waals surface area contributed by atoms with Crippen molar-refractivity contribution in [3.05, 3.63) is 63.6 Å². The molecule has 3 rings (SSSR count). The van der Waals surface area contributed by atoms with Crippen molar-refractivity contribution >= 4 is 46.5 Å². The van der Waals surface area contributed by atoms with Gasteiger partial charge in [0.15, 0.2) is 6.17 Å². The molecule has 0 saturated carbocycles. The summed E-state index contributed by atoms with van der Waals surface area (Å²) in [4.78, 5) is 28.5. The Labute approximate surface area is 160 Å². The van der Waals surface area contributed by atoms with Crippen LogP contribution >= 0.6 is 23.2 Å². The lowest BCUT2D eigenvalue weighted by Crippen LogP contribution is -2.41. The predicted octanol–water partition coefficient (Wildman–Crippen LogP) is 2.87. The van der Waals surface area contributed by atoms with Crippen LogP contribution in [0.3, 0.4) is 0 Å². The number of carbonyl (C=O) groups is 2. The monoisotopic (exact) mass is 391 g/mol. The van der Waals surface area contributed by atoms with Crippen LogP contribution in [-0.2, 0) is 14.3 Å². The molecule has 0 aromatic heterocycles. The van der Waals surface area contributed by atoms with Crippen LogP contribution in [0.2, 0.25) is 10.0 Å². The summed E-state index contributed by atoms with van der Waals surface area (Å²) in [6.07, 6.45) is -0.994. The first-order valence-corrected chi connectivity index (χ1v) is 8.49. The largest absolute Gasteiger partial charge is 0.468 e. The summed E-state index contributed by atoms with van der Waals surface area (Å²) in [5, 5.41) is 6.55. The van der Waals surface area contributed by atoms with Crippen molar-refractivity contribution in [1.29, 1.82) is 0 Å². The summed E-state index contributed by atoms with van der Waals surface area (Å²) >= 11 is 12.5. The molecule has 2 aromatic carbocycles. The number of benzene rings is 2. The number of aliphatic imine (C=N–C) groups is 1. The number of esters is 1. The second-order valence-corrected chi connectivity index (χ2v) is 6.34. The molecule has 1 aliphatic rings. The van der Waals surface area contributed by atoms with Crippen molar-refractivity contribution in [2.75, 3.05) is 19.0 Å². The second-order valence-electron chi connectivity index (χ2n) is 5.50. The molecule has 2 aromatic rings. The van der Waals surface area contributed by atoms with Crippen LogP contribution in [0, 0.1) is 0 Å². The van der Waals surface area contributed by atoms with Crippen LogP contribution in [0.25, 0.3) is 0 Å². The van der Waals surface area contributed by atoms with Gasteiger partial charge < -0.3 is 10.1 Å². The van der Waals surface area contributed by atoms with Gasteiger partial charge in [-0.3, -0.25) is 19.9 Å². The van der Waals surface area contributed by atoms with Crippen molar-refractivity contribution < 1.29 is 14.3 Å². The highest BCUT2D eigenvalue weighted by Gasteiger charge is 2.27. The fraction of sp³-hybridized carbons (Fsp3) is 0.167. The number of halogens is 2. The van der Waals surface area contributed by atoms with Crippen LogP contribution in [0.5, 0.6) is 0 Å². The Morgan fingerprint density at radius 2 is 2.00 bits per heavy atom. The van der Waals surface area contributed by atoms with Crippen LogP contribution in [0.4, 0.5) is 5.69 Å². The number of hydrogen-bond acceptors (Lipinski definition) is 5. The van der Waals surface area contributed by atoms with E-state index in [0.29, 0.717) is 32.6 Å². The van der Waals surface area contributed by atoms with Gasteiger partial charge >= 0.3 is 5.97 Å². The quantitative estimate of drug-likeness (QED) is 0.785. The third-order valence-electron chi connectivity index (χ3n) is 3.80. The summed E-state index contributed by atoms with van der Waals surface area (Å²) in [6, 6.07) is 12.3. The summed E-state index contributed by atoms with van der Waals surface area (Å²) < 4.78 is 4.60. The first-order valence-electron chi connectivity index (χ1n) is 7.73. The predicted molar refractivity (Wildman–Crippen MR) is 101 cm³/mol. The van der Waals surface area contributed by atoms with Crippen LogP contribution in [0.15, 0.2) is 47.5 Å². The lowest BCUT2D eigenvalue weighted by atomic mass is 10.0. The average Bonchev–Trinajstić information content (AvgIpc) is 2.76. The smallest absolute Gasteiger partial charge is 0.319 e. The van der Waals surface area contributed by atoms with Crippen molar-refractivity contribution in [1.82, 2.24) is 5.32 Å². The SMILES string of the molecule is COC(=O)CN[C@H]1N=C(c2ccccc2Cl)c2cc(Cl)ccc2NC1=O. The maximum Gasteiger partial charge on any atom is 0.319 e. The molecule has 0 bridgehead atoms. The minimum atomic E-state index is -0.994. The number of fused-ring (bicyclic) bond motifs is 1. The van der Waals surface area contributed by atoms with Crippen LogP contribution < -0.4 is 10.6 Å². The Kier molecular flexibility index (Phi) is 5.56. The Morgan fingerprint density at radius 1 is 1.23 bits per heavy atom. The standard InChI is InChI=1S/C18H15Cl2N3O3/c1-26-15(24)9-21-17-18(25)22-14-7-6-10(19)8-12(14)16(23-17)11-4-2-3-5-13(11)20/h2-8,17,21H,9H2,1H3,(H,22,25)/t17-/m0/s1. The third-order valence-corrected chi connectivity index (χ3v) is 4.36. The summed E-state index contributed by atoms with van der Waals surface area (Å²) in [7, 11) is 1.27. The number of methoxy groups -OCH3 is 1. The molecule has 1 heterocycles. The number of anilines is 1. The van der Waals surface area contributed by atoms with E-state index >= 15 is 0 Å². The number of rotatable bonds is 4. The minimum absolute atomic E-state index is 0.162. The Morgan fingerprint density at radius 3 is 2.73 bits per heavy atom. The molecule has 0 aliphatic carbocycles. The molecule has 1 atom stereocenters. The van der Waals surface area contributed by atoms with E-state index in [4.69, 9.17) is 23.2 Å². The van der Waals surface area contributed by atoms with E-state index < -0.39 is 18.0 Å².